The molecule has 0 aliphatic heterocycles. The van der Waals surface area contributed by atoms with Crippen LogP contribution in [0, 0.1) is 13.8 Å². The first-order valence-electron chi connectivity index (χ1n) is 9.71. The van der Waals surface area contributed by atoms with Crippen LogP contribution in [-0.4, -0.2) is 87.6 Å². The zero-order chi connectivity index (χ0) is 23.0. The minimum absolute atomic E-state index is 0.196. The molecule has 170 valence electrons. The first-order valence-corrected chi connectivity index (χ1v) is 9.71. The number of hydrogen-bond donors (Lipinski definition) is 7. The van der Waals surface area contributed by atoms with E-state index < -0.39 is 50.4 Å². The zero-order valence-corrected chi connectivity index (χ0v) is 17.6. The van der Waals surface area contributed by atoms with Crippen molar-refractivity contribution in [2.75, 3.05) is 37.8 Å². The highest BCUT2D eigenvalue weighted by atomic mass is 16.3. The fraction of sp³-hybridized carbons (Fsp3) is 0.600. The summed E-state index contributed by atoms with van der Waals surface area (Å²) in [7, 11) is 0. The average Bonchev–Trinajstić information content (AvgIpc) is 2.74. The van der Waals surface area contributed by atoms with Crippen molar-refractivity contribution in [1.82, 2.24) is 5.32 Å². The molecule has 0 heterocycles. The van der Waals surface area contributed by atoms with Crippen LogP contribution in [0.3, 0.4) is 0 Å². The second kappa shape index (κ2) is 11.9. The Labute approximate surface area is 175 Å². The number of carbonyl (C=O) groups is 2. The fourth-order valence-electron chi connectivity index (χ4n) is 3.44. The second-order valence-electron chi connectivity index (χ2n) is 6.99. The molecule has 0 aromatic heterocycles. The van der Waals surface area contributed by atoms with E-state index in [1.165, 1.54) is 0 Å². The fourth-order valence-corrected chi connectivity index (χ4v) is 3.44. The van der Waals surface area contributed by atoms with Crippen molar-refractivity contribution >= 4 is 17.5 Å². The molecule has 0 saturated carbocycles. The Morgan fingerprint density at radius 2 is 1.57 bits per heavy atom. The average molecular weight is 428 g/mol. The van der Waals surface area contributed by atoms with Crippen LogP contribution < -0.4 is 10.2 Å². The summed E-state index contributed by atoms with van der Waals surface area (Å²) in [5.74, 6) is -1.30. The summed E-state index contributed by atoms with van der Waals surface area (Å²) in [6, 6.07) is 0. The zero-order valence-electron chi connectivity index (χ0n) is 17.6. The van der Waals surface area contributed by atoms with Gasteiger partial charge in [0.15, 0.2) is 0 Å². The molecule has 10 heteroatoms. The molecule has 0 aliphatic carbocycles. The van der Waals surface area contributed by atoms with Crippen LogP contribution in [0.4, 0.5) is 5.69 Å². The second-order valence-corrected chi connectivity index (χ2v) is 6.99. The van der Waals surface area contributed by atoms with Gasteiger partial charge >= 0.3 is 0 Å². The summed E-state index contributed by atoms with van der Waals surface area (Å²) in [6.45, 7) is 2.15. The highest BCUT2D eigenvalue weighted by Crippen LogP contribution is 2.35. The Kier molecular flexibility index (Phi) is 10.3. The normalized spacial score (nSPS) is 13.1. The quantitative estimate of drug-likeness (QED) is 0.215. The Balaban J connectivity index is 3.72. The van der Waals surface area contributed by atoms with E-state index in [0.717, 1.165) is 4.90 Å². The molecule has 0 saturated heterocycles. The maximum atomic E-state index is 12.9. The minimum Gasteiger partial charge on any atom is -0.394 e. The smallest absolute Gasteiger partial charge is 0.252 e. The van der Waals surface area contributed by atoms with Crippen molar-refractivity contribution in [3.05, 3.63) is 27.8 Å². The van der Waals surface area contributed by atoms with Gasteiger partial charge in [0.2, 0.25) is 0 Å². The summed E-state index contributed by atoms with van der Waals surface area (Å²) in [4.78, 5) is 26.5. The Hall–Kier alpha value is -2.08. The monoisotopic (exact) mass is 428 g/mol. The topological polar surface area (TPSA) is 171 Å². The van der Waals surface area contributed by atoms with Gasteiger partial charge in [0, 0.05) is 12.1 Å². The number of hydrogen-bond acceptors (Lipinski definition) is 8. The van der Waals surface area contributed by atoms with Crippen molar-refractivity contribution in [3.63, 3.8) is 0 Å². The minimum atomic E-state index is -1.28. The molecule has 0 bridgehead atoms. The van der Waals surface area contributed by atoms with Gasteiger partial charge in [0.05, 0.1) is 44.3 Å². The van der Waals surface area contributed by atoms with E-state index in [-0.39, 0.29) is 24.3 Å². The van der Waals surface area contributed by atoms with E-state index in [9.17, 15) is 35.1 Å². The van der Waals surface area contributed by atoms with Gasteiger partial charge in [-0.3, -0.25) is 9.59 Å². The number of aliphatic hydroxyl groups excluding tert-OH is 6. The molecule has 1 rings (SSSR count). The lowest BCUT2D eigenvalue weighted by atomic mass is 9.88. The third kappa shape index (κ3) is 5.75. The van der Waals surface area contributed by atoms with Gasteiger partial charge in [-0.2, -0.15) is 0 Å². The van der Waals surface area contributed by atoms with E-state index in [1.54, 1.807) is 20.8 Å². The summed E-state index contributed by atoms with van der Waals surface area (Å²) >= 11 is 0. The molecule has 2 atom stereocenters. The van der Waals surface area contributed by atoms with E-state index in [0.29, 0.717) is 28.7 Å². The molecule has 10 nitrogen and oxygen atoms in total. The van der Waals surface area contributed by atoms with Gasteiger partial charge in [-0.15, -0.1) is 0 Å². The number of nitrogens with one attached hydrogen (secondary N) is 1. The first-order chi connectivity index (χ1) is 14.2. The van der Waals surface area contributed by atoms with Crippen LogP contribution >= 0.6 is 0 Å². The number of rotatable bonds is 11. The lowest BCUT2D eigenvalue weighted by Crippen LogP contribution is -2.42. The summed E-state index contributed by atoms with van der Waals surface area (Å²) in [5.41, 5.74) is 2.32. The molecule has 30 heavy (non-hydrogen) atoms. The maximum absolute atomic E-state index is 12.9. The van der Waals surface area contributed by atoms with E-state index in [1.807, 2.05) is 0 Å². The van der Waals surface area contributed by atoms with Crippen LogP contribution in [0.5, 0.6) is 0 Å². The van der Waals surface area contributed by atoms with Gasteiger partial charge in [-0.1, -0.05) is 6.92 Å². The van der Waals surface area contributed by atoms with Crippen molar-refractivity contribution < 1.29 is 40.2 Å². The molecule has 1 aromatic carbocycles. The van der Waals surface area contributed by atoms with Crippen LogP contribution in [-0.2, 0) is 17.8 Å². The van der Waals surface area contributed by atoms with Crippen LogP contribution in [0.25, 0.3) is 0 Å². The number of anilines is 1. The van der Waals surface area contributed by atoms with Crippen LogP contribution in [0.15, 0.2) is 0 Å². The Morgan fingerprint density at radius 1 is 0.967 bits per heavy atom. The van der Waals surface area contributed by atoms with E-state index in [4.69, 9.17) is 5.11 Å². The summed E-state index contributed by atoms with van der Waals surface area (Å²) in [6.07, 6.45) is -2.12. The first kappa shape index (κ1) is 26.0. The van der Waals surface area contributed by atoms with Crippen molar-refractivity contribution in [1.29, 1.82) is 0 Å². The molecule has 0 aliphatic rings. The molecule has 0 fully saturated rings. The third-order valence-electron chi connectivity index (χ3n) is 4.98. The predicted octanol–water partition coefficient (Wildman–Crippen LogP) is -1.88. The van der Waals surface area contributed by atoms with Crippen molar-refractivity contribution in [2.45, 2.75) is 46.0 Å². The Morgan fingerprint density at radius 3 is 2.03 bits per heavy atom. The van der Waals surface area contributed by atoms with E-state index >= 15 is 0 Å². The highest BCUT2D eigenvalue weighted by Gasteiger charge is 2.29. The molecular formula is C20H32N2O8. The van der Waals surface area contributed by atoms with Gasteiger partial charge in [0.1, 0.15) is 6.61 Å². The van der Waals surface area contributed by atoms with Crippen molar-refractivity contribution in [3.8, 4) is 0 Å². The maximum Gasteiger partial charge on any atom is 0.252 e. The van der Waals surface area contributed by atoms with Gasteiger partial charge in [0.25, 0.3) is 11.8 Å². The molecule has 1 aromatic rings. The third-order valence-corrected chi connectivity index (χ3v) is 4.98. The molecule has 7 N–H and O–H groups in total. The summed E-state index contributed by atoms with van der Waals surface area (Å²) < 4.78 is 0. The van der Waals surface area contributed by atoms with Crippen LogP contribution in [0.2, 0.25) is 0 Å². The number of benzene rings is 1. The number of amides is 2. The van der Waals surface area contributed by atoms with Gasteiger partial charge < -0.3 is 40.9 Å². The molecule has 0 radical (unpaired) electrons. The lowest BCUT2D eigenvalue weighted by Gasteiger charge is -2.31. The van der Waals surface area contributed by atoms with Crippen LogP contribution in [0.1, 0.15) is 39.5 Å². The number of carbonyl (C=O) groups excluding carboxylic acids is 2. The molecule has 2 amide bonds. The largest absolute Gasteiger partial charge is 0.394 e. The number of nitrogens with zero attached hydrogens (tertiary/aromatic N) is 1. The SMILES string of the molecule is CCc1c(C(=O)NCC(O)CO)c(C)c(CO)c(C)c1N(CC(O)CO)C(=O)CO. The number of aliphatic hydroxyl groups is 6. The summed E-state index contributed by atoms with van der Waals surface area (Å²) in [5, 5.41) is 59.5. The predicted molar refractivity (Wildman–Crippen MR) is 109 cm³/mol. The lowest BCUT2D eigenvalue weighted by molar-refractivity contribution is -0.121. The van der Waals surface area contributed by atoms with E-state index in [2.05, 4.69) is 5.32 Å². The van der Waals surface area contributed by atoms with Crippen molar-refractivity contribution in [2.24, 2.45) is 0 Å². The molecular weight excluding hydrogens is 396 g/mol. The highest BCUT2D eigenvalue weighted by molar-refractivity contribution is 6.03. The standard InChI is InChI=1S/C20H32N2O8/c1-4-15-18(20(30)21-5-13(27)7-23)11(2)16(9-25)12(3)19(15)22(17(29)10-26)6-14(28)8-24/h13-14,23-28H,4-10H2,1-3H3,(H,21,30). The Bertz CT molecular complexity index is 753. The van der Waals surface area contributed by atoms with Gasteiger partial charge in [-0.05, 0) is 42.5 Å². The molecule has 2 unspecified atom stereocenters. The van der Waals surface area contributed by atoms with Gasteiger partial charge in [-0.25, -0.2) is 0 Å². The molecule has 0 spiro atoms.